The normalized spacial score (nSPS) is 19.2. The summed E-state index contributed by atoms with van der Waals surface area (Å²) in [5, 5.41) is 9.95. The van der Waals surface area contributed by atoms with E-state index in [0.29, 0.717) is 30.7 Å². The summed E-state index contributed by atoms with van der Waals surface area (Å²) in [7, 11) is 0. The van der Waals surface area contributed by atoms with Crippen molar-refractivity contribution in [1.82, 2.24) is 20.9 Å². The van der Waals surface area contributed by atoms with Crippen LogP contribution in [0.15, 0.2) is 59.6 Å². The predicted octanol–water partition coefficient (Wildman–Crippen LogP) is 3.93. The van der Waals surface area contributed by atoms with Crippen molar-refractivity contribution < 1.29 is 4.79 Å². The van der Waals surface area contributed by atoms with Gasteiger partial charge in [0.15, 0.2) is 5.96 Å². The van der Waals surface area contributed by atoms with Crippen LogP contribution in [-0.2, 0) is 13.1 Å². The minimum absolute atomic E-state index is 0.0241. The summed E-state index contributed by atoms with van der Waals surface area (Å²) >= 11 is 0. The van der Waals surface area contributed by atoms with Crippen molar-refractivity contribution in [1.29, 1.82) is 0 Å². The lowest BCUT2D eigenvalue weighted by atomic mass is 9.97. The van der Waals surface area contributed by atoms with Crippen LogP contribution in [0.3, 0.4) is 0 Å². The molecule has 1 amide bonds. The summed E-state index contributed by atoms with van der Waals surface area (Å²) in [6, 6.07) is 19.3. The standard InChI is InChI=1S/C27H39N5O/c1-4-15-29-26(33)24-13-9-12-23(18-24)19-30-27(28-5-2)31-25-14-16-32(21(3)17-25)20-22-10-7-6-8-11-22/h6-13,18,21,25H,4-5,14-17,19-20H2,1-3H3,(H,29,33)(H2,28,30,31). The first-order chi connectivity index (χ1) is 16.1. The zero-order valence-electron chi connectivity index (χ0n) is 20.3. The third-order valence-corrected chi connectivity index (χ3v) is 6.07. The number of hydrogen-bond acceptors (Lipinski definition) is 3. The second-order valence-electron chi connectivity index (χ2n) is 8.82. The van der Waals surface area contributed by atoms with E-state index in [2.05, 4.69) is 72.0 Å². The number of carbonyl (C=O) groups is 1. The van der Waals surface area contributed by atoms with Crippen LogP contribution in [0.2, 0.25) is 0 Å². The SMILES string of the molecule is CCCNC(=O)c1cccc(CN=C(NCC)NC2CCN(Cc3ccccc3)C(C)C2)c1. The Kier molecular flexibility index (Phi) is 9.76. The molecule has 3 rings (SSSR count). The van der Waals surface area contributed by atoms with Gasteiger partial charge in [0.05, 0.1) is 6.54 Å². The molecule has 2 unspecified atom stereocenters. The molecule has 6 nitrogen and oxygen atoms in total. The highest BCUT2D eigenvalue weighted by molar-refractivity contribution is 5.94. The van der Waals surface area contributed by atoms with Gasteiger partial charge in [-0.1, -0.05) is 49.4 Å². The molecular formula is C27H39N5O. The topological polar surface area (TPSA) is 68.8 Å². The van der Waals surface area contributed by atoms with E-state index in [1.54, 1.807) is 0 Å². The fourth-order valence-electron chi connectivity index (χ4n) is 4.24. The van der Waals surface area contributed by atoms with Gasteiger partial charge < -0.3 is 16.0 Å². The molecular weight excluding hydrogens is 410 g/mol. The van der Waals surface area contributed by atoms with Crippen LogP contribution >= 0.6 is 0 Å². The van der Waals surface area contributed by atoms with Crippen LogP contribution in [0, 0.1) is 0 Å². The Morgan fingerprint density at radius 3 is 2.58 bits per heavy atom. The smallest absolute Gasteiger partial charge is 0.251 e. The van der Waals surface area contributed by atoms with E-state index in [-0.39, 0.29) is 5.91 Å². The van der Waals surface area contributed by atoms with Gasteiger partial charge in [-0.05, 0) is 56.4 Å². The van der Waals surface area contributed by atoms with E-state index in [4.69, 9.17) is 4.99 Å². The van der Waals surface area contributed by atoms with E-state index in [0.717, 1.165) is 50.4 Å². The molecule has 2 aromatic carbocycles. The first-order valence-electron chi connectivity index (χ1n) is 12.3. The molecule has 1 fully saturated rings. The number of piperidine rings is 1. The van der Waals surface area contributed by atoms with Crippen molar-refractivity contribution in [2.24, 2.45) is 4.99 Å². The van der Waals surface area contributed by atoms with Crippen LogP contribution in [0.5, 0.6) is 0 Å². The Bertz CT molecular complexity index is 898. The number of nitrogens with one attached hydrogen (secondary N) is 3. The third-order valence-electron chi connectivity index (χ3n) is 6.07. The maximum Gasteiger partial charge on any atom is 0.251 e. The molecule has 1 saturated heterocycles. The van der Waals surface area contributed by atoms with E-state index in [9.17, 15) is 4.79 Å². The molecule has 1 heterocycles. The molecule has 1 aliphatic rings. The van der Waals surface area contributed by atoms with Gasteiger partial charge in [0.1, 0.15) is 0 Å². The summed E-state index contributed by atoms with van der Waals surface area (Å²) in [4.78, 5) is 19.6. The zero-order chi connectivity index (χ0) is 23.5. The molecule has 0 spiro atoms. The predicted molar refractivity (Wildman–Crippen MR) is 136 cm³/mol. The number of nitrogens with zero attached hydrogens (tertiary/aromatic N) is 2. The molecule has 0 radical (unpaired) electrons. The Morgan fingerprint density at radius 2 is 1.85 bits per heavy atom. The molecule has 0 aromatic heterocycles. The first-order valence-corrected chi connectivity index (χ1v) is 12.3. The third kappa shape index (κ3) is 7.90. The highest BCUT2D eigenvalue weighted by Crippen LogP contribution is 2.20. The van der Waals surface area contributed by atoms with Crippen LogP contribution in [0.1, 0.15) is 61.5 Å². The van der Waals surface area contributed by atoms with Crippen molar-refractivity contribution in [3.05, 3.63) is 71.3 Å². The summed E-state index contributed by atoms with van der Waals surface area (Å²) in [5.41, 5.74) is 3.09. The van der Waals surface area contributed by atoms with E-state index < -0.39 is 0 Å². The number of hydrogen-bond donors (Lipinski definition) is 3. The van der Waals surface area contributed by atoms with Gasteiger partial charge >= 0.3 is 0 Å². The van der Waals surface area contributed by atoms with E-state index >= 15 is 0 Å². The highest BCUT2D eigenvalue weighted by atomic mass is 16.1. The molecule has 3 N–H and O–H groups in total. The van der Waals surface area contributed by atoms with Crippen molar-refractivity contribution >= 4 is 11.9 Å². The number of carbonyl (C=O) groups excluding carboxylic acids is 1. The van der Waals surface area contributed by atoms with Gasteiger partial charge in [0, 0.05) is 43.8 Å². The average Bonchev–Trinajstić information content (AvgIpc) is 2.83. The summed E-state index contributed by atoms with van der Waals surface area (Å²) in [6.45, 7) is 10.6. The summed E-state index contributed by atoms with van der Waals surface area (Å²) < 4.78 is 0. The zero-order valence-corrected chi connectivity index (χ0v) is 20.3. The highest BCUT2D eigenvalue weighted by Gasteiger charge is 2.26. The Labute approximate surface area is 198 Å². The van der Waals surface area contributed by atoms with Crippen molar-refractivity contribution in [3.63, 3.8) is 0 Å². The van der Waals surface area contributed by atoms with Crippen LogP contribution in [0.25, 0.3) is 0 Å². The maximum absolute atomic E-state index is 12.3. The lowest BCUT2D eigenvalue weighted by molar-refractivity contribution is 0.0953. The largest absolute Gasteiger partial charge is 0.357 e. The van der Waals surface area contributed by atoms with E-state index in [1.165, 1.54) is 5.56 Å². The van der Waals surface area contributed by atoms with Crippen LogP contribution in [0.4, 0.5) is 0 Å². The quantitative estimate of drug-likeness (QED) is 0.401. The van der Waals surface area contributed by atoms with Crippen molar-refractivity contribution in [2.45, 2.75) is 65.2 Å². The Morgan fingerprint density at radius 1 is 1.06 bits per heavy atom. The lowest BCUT2D eigenvalue weighted by Crippen LogP contribution is -2.51. The average molecular weight is 450 g/mol. The second-order valence-corrected chi connectivity index (χ2v) is 8.82. The molecule has 6 heteroatoms. The summed E-state index contributed by atoms with van der Waals surface area (Å²) in [6.07, 6.45) is 3.11. The molecule has 0 saturated carbocycles. The lowest BCUT2D eigenvalue weighted by Gasteiger charge is -2.38. The van der Waals surface area contributed by atoms with Crippen molar-refractivity contribution in [2.75, 3.05) is 19.6 Å². The van der Waals surface area contributed by atoms with Gasteiger partial charge in [0.25, 0.3) is 5.91 Å². The number of rotatable bonds is 9. The maximum atomic E-state index is 12.3. The second kappa shape index (κ2) is 13.0. The molecule has 0 bridgehead atoms. The van der Waals surface area contributed by atoms with Crippen LogP contribution < -0.4 is 16.0 Å². The molecule has 2 atom stereocenters. The number of aliphatic imine (C=N–C) groups is 1. The van der Waals surface area contributed by atoms with Gasteiger partial charge in [-0.25, -0.2) is 4.99 Å². The fraction of sp³-hybridized carbons (Fsp3) is 0.481. The number of amides is 1. The minimum atomic E-state index is -0.0241. The Hall–Kier alpha value is -2.86. The number of benzene rings is 2. The van der Waals surface area contributed by atoms with Crippen LogP contribution in [-0.4, -0.2) is 48.5 Å². The van der Waals surface area contributed by atoms with Gasteiger partial charge in [-0.2, -0.15) is 0 Å². The monoisotopic (exact) mass is 449 g/mol. The first kappa shape index (κ1) is 24.8. The van der Waals surface area contributed by atoms with E-state index in [1.807, 2.05) is 24.3 Å². The Balaban J connectivity index is 1.56. The number of guanidine groups is 1. The molecule has 1 aliphatic heterocycles. The number of likely N-dealkylation sites (tertiary alicyclic amines) is 1. The summed E-state index contributed by atoms with van der Waals surface area (Å²) in [5.74, 6) is 0.816. The molecule has 178 valence electrons. The van der Waals surface area contributed by atoms with Crippen molar-refractivity contribution in [3.8, 4) is 0 Å². The van der Waals surface area contributed by atoms with Gasteiger partial charge in [-0.15, -0.1) is 0 Å². The minimum Gasteiger partial charge on any atom is -0.357 e. The molecule has 0 aliphatic carbocycles. The van der Waals surface area contributed by atoms with Gasteiger partial charge in [-0.3, -0.25) is 9.69 Å². The van der Waals surface area contributed by atoms with Gasteiger partial charge in [0.2, 0.25) is 0 Å². The molecule has 33 heavy (non-hydrogen) atoms. The fourth-order valence-corrected chi connectivity index (χ4v) is 4.24. The molecule has 2 aromatic rings.